The summed E-state index contributed by atoms with van der Waals surface area (Å²) in [5.41, 5.74) is -0.568. The Balaban J connectivity index is 1.94. The van der Waals surface area contributed by atoms with Gasteiger partial charge in [-0.25, -0.2) is 4.79 Å². The first-order chi connectivity index (χ1) is 12.1. The van der Waals surface area contributed by atoms with Crippen molar-refractivity contribution in [1.29, 1.82) is 0 Å². The number of nitrogens with one attached hydrogen (secondary N) is 1. The number of carbonyl (C=O) groups excluding carboxylic acids is 1. The van der Waals surface area contributed by atoms with Gasteiger partial charge in [0.1, 0.15) is 5.60 Å². The molecule has 1 aromatic rings. The van der Waals surface area contributed by atoms with Gasteiger partial charge in [-0.3, -0.25) is 4.68 Å². The zero-order valence-electron chi connectivity index (χ0n) is 18.2. The van der Waals surface area contributed by atoms with E-state index in [4.69, 9.17) is 14.0 Å². The number of alkyl carbamates (subject to hydrolysis) is 1. The molecule has 0 bridgehead atoms. The zero-order chi connectivity index (χ0) is 20.7. The SMILES string of the molecule is CC(C)(CNC(=O)OC(C)(C)C)Cn1cc(B2OC(C)(C)C(C)(C)O2)cn1. The van der Waals surface area contributed by atoms with Crippen LogP contribution in [-0.4, -0.2) is 46.3 Å². The Morgan fingerprint density at radius 2 is 1.74 bits per heavy atom. The van der Waals surface area contributed by atoms with E-state index < -0.39 is 18.8 Å². The Morgan fingerprint density at radius 3 is 2.26 bits per heavy atom. The molecular formula is C19H34BN3O4. The van der Waals surface area contributed by atoms with Crippen molar-refractivity contribution in [2.24, 2.45) is 5.41 Å². The van der Waals surface area contributed by atoms with E-state index >= 15 is 0 Å². The van der Waals surface area contributed by atoms with Crippen LogP contribution in [0.1, 0.15) is 62.3 Å². The lowest BCUT2D eigenvalue weighted by Gasteiger charge is -2.32. The van der Waals surface area contributed by atoms with E-state index in [9.17, 15) is 4.79 Å². The molecule has 1 aliphatic heterocycles. The lowest BCUT2D eigenvalue weighted by atomic mass is 9.82. The van der Waals surface area contributed by atoms with Crippen LogP contribution >= 0.6 is 0 Å². The van der Waals surface area contributed by atoms with Gasteiger partial charge in [0.2, 0.25) is 0 Å². The molecule has 0 unspecified atom stereocenters. The summed E-state index contributed by atoms with van der Waals surface area (Å²) in [7, 11) is -0.424. The van der Waals surface area contributed by atoms with Gasteiger partial charge in [-0.2, -0.15) is 5.10 Å². The predicted molar refractivity (Wildman–Crippen MR) is 106 cm³/mol. The van der Waals surface area contributed by atoms with Crippen LogP contribution in [0.4, 0.5) is 4.79 Å². The molecule has 1 fully saturated rings. The van der Waals surface area contributed by atoms with Crippen LogP contribution in [0.5, 0.6) is 0 Å². The summed E-state index contributed by atoms with van der Waals surface area (Å²) in [5.74, 6) is 0. The molecule has 0 aromatic carbocycles. The van der Waals surface area contributed by atoms with Crippen LogP contribution in [0.3, 0.4) is 0 Å². The molecule has 27 heavy (non-hydrogen) atoms. The van der Waals surface area contributed by atoms with Crippen molar-refractivity contribution < 1.29 is 18.8 Å². The van der Waals surface area contributed by atoms with Crippen LogP contribution in [-0.2, 0) is 20.6 Å². The van der Waals surface area contributed by atoms with Gasteiger partial charge in [-0.05, 0) is 48.5 Å². The third-order valence-corrected chi connectivity index (χ3v) is 4.88. The molecule has 1 saturated heterocycles. The van der Waals surface area contributed by atoms with Crippen molar-refractivity contribution >= 4 is 18.7 Å². The number of carbonyl (C=O) groups is 1. The topological polar surface area (TPSA) is 74.6 Å². The summed E-state index contributed by atoms with van der Waals surface area (Å²) < 4.78 is 19.3. The lowest BCUT2D eigenvalue weighted by Crippen LogP contribution is -2.41. The molecule has 0 spiro atoms. The number of rotatable bonds is 5. The number of ether oxygens (including phenoxy) is 1. The Kier molecular flexibility index (Phi) is 5.75. The van der Waals surface area contributed by atoms with E-state index in [0.717, 1.165) is 5.46 Å². The standard InChI is InChI=1S/C19H34BN3O4/c1-16(2,3)25-15(24)21-12-17(4,5)13-23-11-14(10-22-23)20-26-18(6,7)19(8,9)27-20/h10-11H,12-13H2,1-9H3,(H,21,24). The highest BCUT2D eigenvalue weighted by Gasteiger charge is 2.52. The van der Waals surface area contributed by atoms with Crippen molar-refractivity contribution in [2.75, 3.05) is 6.54 Å². The fourth-order valence-electron chi connectivity index (χ4n) is 2.69. The summed E-state index contributed by atoms with van der Waals surface area (Å²) in [6.07, 6.45) is 3.31. The minimum atomic E-state index is -0.506. The largest absolute Gasteiger partial charge is 0.498 e. The maximum atomic E-state index is 11.9. The van der Waals surface area contributed by atoms with Gasteiger partial charge >= 0.3 is 13.2 Å². The molecule has 2 heterocycles. The van der Waals surface area contributed by atoms with Crippen molar-refractivity contribution in [2.45, 2.75) is 85.7 Å². The van der Waals surface area contributed by atoms with Crippen LogP contribution in [0.25, 0.3) is 0 Å². The Morgan fingerprint density at radius 1 is 1.19 bits per heavy atom. The van der Waals surface area contributed by atoms with Gasteiger partial charge < -0.3 is 19.4 Å². The second-order valence-corrected chi connectivity index (χ2v) is 10.1. The molecular weight excluding hydrogens is 345 g/mol. The van der Waals surface area contributed by atoms with E-state index in [1.165, 1.54) is 0 Å². The van der Waals surface area contributed by atoms with Gasteiger partial charge in [0.15, 0.2) is 0 Å². The van der Waals surface area contributed by atoms with Gasteiger partial charge in [0.05, 0.1) is 11.2 Å². The summed E-state index contributed by atoms with van der Waals surface area (Å²) >= 11 is 0. The van der Waals surface area contributed by atoms with Crippen molar-refractivity contribution in [1.82, 2.24) is 15.1 Å². The zero-order valence-corrected chi connectivity index (χ0v) is 18.2. The third-order valence-electron chi connectivity index (χ3n) is 4.88. The lowest BCUT2D eigenvalue weighted by molar-refractivity contribution is 0.00578. The van der Waals surface area contributed by atoms with E-state index in [-0.39, 0.29) is 16.6 Å². The second-order valence-electron chi connectivity index (χ2n) is 10.1. The molecule has 0 aliphatic carbocycles. The molecule has 7 nitrogen and oxygen atoms in total. The highest BCUT2D eigenvalue weighted by atomic mass is 16.7. The fraction of sp³-hybridized carbons (Fsp3) is 0.789. The molecule has 1 N–H and O–H groups in total. The highest BCUT2D eigenvalue weighted by molar-refractivity contribution is 6.61. The first-order valence-electron chi connectivity index (χ1n) is 9.45. The summed E-state index contributed by atoms with van der Waals surface area (Å²) in [5, 5.41) is 7.27. The highest BCUT2D eigenvalue weighted by Crippen LogP contribution is 2.36. The fourth-order valence-corrected chi connectivity index (χ4v) is 2.69. The Labute approximate surface area is 163 Å². The van der Waals surface area contributed by atoms with Crippen LogP contribution in [0.15, 0.2) is 12.4 Å². The quantitative estimate of drug-likeness (QED) is 0.797. The van der Waals surface area contributed by atoms with Crippen LogP contribution < -0.4 is 10.8 Å². The maximum Gasteiger partial charge on any atom is 0.498 e. The maximum absolute atomic E-state index is 11.9. The molecule has 152 valence electrons. The second kappa shape index (κ2) is 7.13. The van der Waals surface area contributed by atoms with E-state index in [0.29, 0.717) is 13.1 Å². The number of amides is 1. The molecule has 0 atom stereocenters. The average molecular weight is 379 g/mol. The number of hydrogen-bond donors (Lipinski definition) is 1. The minimum Gasteiger partial charge on any atom is -0.444 e. The molecule has 1 amide bonds. The Bertz CT molecular complexity index is 661. The van der Waals surface area contributed by atoms with Gasteiger partial charge in [0.25, 0.3) is 0 Å². The smallest absolute Gasteiger partial charge is 0.444 e. The molecule has 1 aliphatic rings. The van der Waals surface area contributed by atoms with Crippen LogP contribution in [0, 0.1) is 5.41 Å². The Hall–Kier alpha value is -1.54. The van der Waals surface area contributed by atoms with Crippen molar-refractivity contribution in [3.8, 4) is 0 Å². The third kappa shape index (κ3) is 5.72. The van der Waals surface area contributed by atoms with E-state index in [2.05, 4.69) is 24.3 Å². The number of hydrogen-bond acceptors (Lipinski definition) is 5. The van der Waals surface area contributed by atoms with Gasteiger partial charge in [-0.15, -0.1) is 0 Å². The summed E-state index contributed by atoms with van der Waals surface area (Å²) in [6.45, 7) is 18.9. The molecule has 0 radical (unpaired) electrons. The number of aromatic nitrogens is 2. The first-order valence-corrected chi connectivity index (χ1v) is 9.45. The molecule has 2 rings (SSSR count). The molecule has 0 saturated carbocycles. The normalized spacial score (nSPS) is 19.2. The van der Waals surface area contributed by atoms with Crippen LogP contribution in [0.2, 0.25) is 0 Å². The monoisotopic (exact) mass is 379 g/mol. The van der Waals surface area contributed by atoms with E-state index in [1.807, 2.05) is 59.3 Å². The van der Waals surface area contributed by atoms with Crippen molar-refractivity contribution in [3.63, 3.8) is 0 Å². The van der Waals surface area contributed by atoms with Gasteiger partial charge in [0, 0.05) is 36.4 Å². The predicted octanol–water partition coefficient (Wildman–Crippen LogP) is 2.73. The summed E-state index contributed by atoms with van der Waals surface area (Å²) in [4.78, 5) is 11.9. The molecule has 1 aromatic heterocycles. The van der Waals surface area contributed by atoms with E-state index in [1.54, 1.807) is 6.20 Å². The minimum absolute atomic E-state index is 0.198. The van der Waals surface area contributed by atoms with Crippen molar-refractivity contribution in [3.05, 3.63) is 12.4 Å². The number of nitrogens with zero attached hydrogens (tertiary/aromatic N) is 2. The molecule has 8 heteroatoms. The summed E-state index contributed by atoms with van der Waals surface area (Å²) in [6, 6.07) is 0. The van der Waals surface area contributed by atoms with Gasteiger partial charge in [-0.1, -0.05) is 13.8 Å². The first kappa shape index (κ1) is 21.8. The average Bonchev–Trinajstić information content (AvgIpc) is 2.97.